The Morgan fingerprint density at radius 2 is 1.71 bits per heavy atom. The van der Waals surface area contributed by atoms with Crippen LogP contribution in [-0.2, 0) is 11.3 Å². The Balaban J connectivity index is 2.13. The van der Waals surface area contributed by atoms with Gasteiger partial charge in [0.15, 0.2) is 11.5 Å². The van der Waals surface area contributed by atoms with Crippen LogP contribution in [0.5, 0.6) is 17.2 Å². The Labute approximate surface area is 122 Å². The quantitative estimate of drug-likeness (QED) is 0.762. The van der Waals surface area contributed by atoms with Gasteiger partial charge in [-0.2, -0.15) is 0 Å². The first-order valence-electron chi connectivity index (χ1n) is 6.20. The fraction of sp³-hybridized carbons (Fsp3) is 0.267. The lowest BCUT2D eigenvalue weighted by Gasteiger charge is -2.13. The van der Waals surface area contributed by atoms with E-state index >= 15 is 0 Å². The third-order valence-corrected chi connectivity index (χ3v) is 2.79. The summed E-state index contributed by atoms with van der Waals surface area (Å²) < 4.78 is 26.0. The first kappa shape index (κ1) is 14.8. The summed E-state index contributed by atoms with van der Waals surface area (Å²) in [6, 6.07) is 8.50. The lowest BCUT2D eigenvalue weighted by molar-refractivity contribution is 0.0560. The van der Waals surface area contributed by atoms with Gasteiger partial charge < -0.3 is 23.4 Å². The molecule has 0 N–H and O–H groups in total. The van der Waals surface area contributed by atoms with E-state index in [0.29, 0.717) is 23.0 Å². The van der Waals surface area contributed by atoms with Gasteiger partial charge in [-0.3, -0.25) is 0 Å². The number of hydrogen-bond donors (Lipinski definition) is 0. The molecule has 1 aromatic carbocycles. The summed E-state index contributed by atoms with van der Waals surface area (Å²) in [7, 11) is 4.38. The van der Waals surface area contributed by atoms with E-state index in [-0.39, 0.29) is 12.4 Å². The van der Waals surface area contributed by atoms with Gasteiger partial charge >= 0.3 is 5.97 Å². The molecular weight excluding hydrogens is 276 g/mol. The Bertz CT molecular complexity index is 594. The largest absolute Gasteiger partial charge is 0.493 e. The molecular formula is C15H16O6. The maximum Gasteiger partial charge on any atom is 0.373 e. The summed E-state index contributed by atoms with van der Waals surface area (Å²) in [5.74, 6) is 1.66. The van der Waals surface area contributed by atoms with Crippen molar-refractivity contribution in [3.63, 3.8) is 0 Å². The molecule has 0 spiro atoms. The van der Waals surface area contributed by atoms with Crippen LogP contribution in [0.2, 0.25) is 0 Å². The smallest absolute Gasteiger partial charge is 0.373 e. The molecule has 0 aliphatic carbocycles. The molecule has 0 aliphatic heterocycles. The standard InChI is InChI=1S/C15H16O6/c1-17-11-5-4-6-12(18-2)14(11)20-9-10-7-8-13(21-10)15(16)19-3/h4-8H,9H2,1-3H3. The molecule has 0 saturated carbocycles. The van der Waals surface area contributed by atoms with Gasteiger partial charge in [-0.1, -0.05) is 6.07 Å². The molecule has 6 heteroatoms. The van der Waals surface area contributed by atoms with E-state index in [1.54, 1.807) is 38.5 Å². The van der Waals surface area contributed by atoms with Gasteiger partial charge in [-0.15, -0.1) is 0 Å². The van der Waals surface area contributed by atoms with Gasteiger partial charge in [-0.25, -0.2) is 4.79 Å². The highest BCUT2D eigenvalue weighted by Crippen LogP contribution is 2.37. The van der Waals surface area contributed by atoms with Gasteiger partial charge in [0.1, 0.15) is 12.4 Å². The molecule has 0 atom stereocenters. The highest BCUT2D eigenvalue weighted by Gasteiger charge is 2.14. The first-order chi connectivity index (χ1) is 10.2. The van der Waals surface area contributed by atoms with Crippen molar-refractivity contribution in [2.24, 2.45) is 0 Å². The average Bonchev–Trinajstić information content (AvgIpc) is 3.00. The predicted octanol–water partition coefficient (Wildman–Crippen LogP) is 2.66. The van der Waals surface area contributed by atoms with Crippen molar-refractivity contribution < 1.29 is 28.2 Å². The number of methoxy groups -OCH3 is 3. The molecule has 1 heterocycles. The Morgan fingerprint density at radius 1 is 1.05 bits per heavy atom. The average molecular weight is 292 g/mol. The first-order valence-corrected chi connectivity index (χ1v) is 6.20. The zero-order valence-corrected chi connectivity index (χ0v) is 12.0. The third-order valence-electron chi connectivity index (χ3n) is 2.79. The minimum absolute atomic E-state index is 0.128. The third kappa shape index (κ3) is 3.28. The van der Waals surface area contributed by atoms with Crippen LogP contribution >= 0.6 is 0 Å². The summed E-state index contributed by atoms with van der Waals surface area (Å²) in [6.45, 7) is 0.133. The van der Waals surface area contributed by atoms with Gasteiger partial charge in [0.2, 0.25) is 11.5 Å². The zero-order chi connectivity index (χ0) is 15.2. The monoisotopic (exact) mass is 292 g/mol. The molecule has 2 rings (SSSR count). The zero-order valence-electron chi connectivity index (χ0n) is 12.0. The van der Waals surface area contributed by atoms with Crippen molar-refractivity contribution in [1.82, 2.24) is 0 Å². The molecule has 0 fully saturated rings. The van der Waals surface area contributed by atoms with E-state index < -0.39 is 5.97 Å². The topological polar surface area (TPSA) is 67.1 Å². The highest BCUT2D eigenvalue weighted by molar-refractivity contribution is 5.86. The lowest BCUT2D eigenvalue weighted by Crippen LogP contribution is -2.00. The van der Waals surface area contributed by atoms with E-state index in [0.717, 1.165) is 0 Å². The molecule has 2 aromatic rings. The molecule has 21 heavy (non-hydrogen) atoms. The number of para-hydroxylation sites is 1. The molecule has 0 saturated heterocycles. The van der Waals surface area contributed by atoms with Gasteiger partial charge in [-0.05, 0) is 24.3 Å². The van der Waals surface area contributed by atoms with Crippen molar-refractivity contribution in [3.05, 3.63) is 41.9 Å². The number of esters is 1. The molecule has 0 amide bonds. The number of hydrogen-bond acceptors (Lipinski definition) is 6. The number of carbonyl (C=O) groups excluding carboxylic acids is 1. The second-order valence-corrected chi connectivity index (χ2v) is 4.04. The highest BCUT2D eigenvalue weighted by atomic mass is 16.5. The maximum atomic E-state index is 11.3. The van der Waals surface area contributed by atoms with Crippen LogP contribution in [-0.4, -0.2) is 27.3 Å². The lowest BCUT2D eigenvalue weighted by atomic mass is 10.3. The summed E-state index contributed by atoms with van der Waals surface area (Å²) in [6.07, 6.45) is 0. The predicted molar refractivity (Wildman–Crippen MR) is 73.9 cm³/mol. The summed E-state index contributed by atoms with van der Waals surface area (Å²) in [5, 5.41) is 0. The molecule has 112 valence electrons. The van der Waals surface area contributed by atoms with Crippen molar-refractivity contribution in [1.29, 1.82) is 0 Å². The molecule has 0 unspecified atom stereocenters. The van der Waals surface area contributed by atoms with E-state index in [1.165, 1.54) is 13.2 Å². The number of furan rings is 1. The second kappa shape index (κ2) is 6.69. The van der Waals surface area contributed by atoms with Crippen LogP contribution in [0.4, 0.5) is 0 Å². The number of rotatable bonds is 6. The fourth-order valence-electron chi connectivity index (χ4n) is 1.77. The minimum Gasteiger partial charge on any atom is -0.493 e. The number of carbonyl (C=O) groups is 1. The minimum atomic E-state index is -0.531. The normalized spacial score (nSPS) is 10.0. The number of ether oxygens (including phenoxy) is 4. The summed E-state index contributed by atoms with van der Waals surface area (Å²) in [5.41, 5.74) is 0. The van der Waals surface area contributed by atoms with Gasteiger partial charge in [0, 0.05) is 0 Å². The van der Waals surface area contributed by atoms with E-state index in [4.69, 9.17) is 18.6 Å². The van der Waals surface area contributed by atoms with Crippen LogP contribution in [0.25, 0.3) is 0 Å². The molecule has 6 nitrogen and oxygen atoms in total. The second-order valence-electron chi connectivity index (χ2n) is 4.04. The molecule has 0 bridgehead atoms. The van der Waals surface area contributed by atoms with Crippen molar-refractivity contribution in [2.45, 2.75) is 6.61 Å². The Hall–Kier alpha value is -2.63. The van der Waals surface area contributed by atoms with Crippen LogP contribution in [0.15, 0.2) is 34.7 Å². The van der Waals surface area contributed by atoms with E-state index in [1.807, 2.05) is 0 Å². The van der Waals surface area contributed by atoms with Crippen LogP contribution < -0.4 is 14.2 Å². The van der Waals surface area contributed by atoms with Crippen LogP contribution in [0.3, 0.4) is 0 Å². The summed E-state index contributed by atoms with van der Waals surface area (Å²) in [4.78, 5) is 11.3. The molecule has 0 radical (unpaired) electrons. The Morgan fingerprint density at radius 3 is 2.29 bits per heavy atom. The van der Waals surface area contributed by atoms with E-state index in [9.17, 15) is 4.79 Å². The molecule has 1 aromatic heterocycles. The van der Waals surface area contributed by atoms with Crippen LogP contribution in [0.1, 0.15) is 16.3 Å². The van der Waals surface area contributed by atoms with Gasteiger partial charge in [0.25, 0.3) is 0 Å². The Kier molecular flexibility index (Phi) is 4.71. The van der Waals surface area contributed by atoms with Crippen LogP contribution in [0, 0.1) is 0 Å². The maximum absolute atomic E-state index is 11.3. The van der Waals surface area contributed by atoms with Gasteiger partial charge in [0.05, 0.1) is 21.3 Å². The van der Waals surface area contributed by atoms with Crippen molar-refractivity contribution in [3.8, 4) is 17.2 Å². The summed E-state index contributed by atoms with van der Waals surface area (Å²) >= 11 is 0. The van der Waals surface area contributed by atoms with Crippen molar-refractivity contribution >= 4 is 5.97 Å². The SMILES string of the molecule is COC(=O)c1ccc(COc2c(OC)cccc2OC)o1. The molecule has 0 aliphatic rings. The fourth-order valence-corrected chi connectivity index (χ4v) is 1.77. The number of benzene rings is 1. The van der Waals surface area contributed by atoms with Crippen molar-refractivity contribution in [2.75, 3.05) is 21.3 Å². The van der Waals surface area contributed by atoms with E-state index in [2.05, 4.69) is 4.74 Å².